The lowest BCUT2D eigenvalue weighted by Crippen LogP contribution is -2.26. The number of nitrogens with one attached hydrogen (secondary N) is 1. The number of hydrogen-bond acceptors (Lipinski definition) is 5. The van der Waals surface area contributed by atoms with E-state index in [4.69, 9.17) is 4.42 Å². The van der Waals surface area contributed by atoms with Gasteiger partial charge in [0.1, 0.15) is 23.2 Å². The molecule has 0 aliphatic heterocycles. The maximum absolute atomic E-state index is 12.7. The molecule has 0 saturated carbocycles. The second-order valence-corrected chi connectivity index (χ2v) is 9.97. The van der Waals surface area contributed by atoms with Crippen LogP contribution in [-0.2, 0) is 17.6 Å². The van der Waals surface area contributed by atoms with Crippen molar-refractivity contribution >= 4 is 28.5 Å². The highest BCUT2D eigenvalue weighted by Crippen LogP contribution is 2.40. The van der Waals surface area contributed by atoms with Crippen LogP contribution in [0, 0.1) is 22.7 Å². The van der Waals surface area contributed by atoms with E-state index in [1.807, 2.05) is 42.5 Å². The third-order valence-corrected chi connectivity index (χ3v) is 6.76. The number of benzene rings is 1. The van der Waals surface area contributed by atoms with Gasteiger partial charge in [-0.2, -0.15) is 5.26 Å². The van der Waals surface area contributed by atoms with Gasteiger partial charge in [0.05, 0.1) is 5.69 Å². The molecule has 0 bridgehead atoms. The highest BCUT2D eigenvalue weighted by atomic mass is 32.1. The van der Waals surface area contributed by atoms with Crippen molar-refractivity contribution in [3.63, 3.8) is 0 Å². The molecule has 0 radical (unpaired) electrons. The zero-order valence-corrected chi connectivity index (χ0v) is 18.8. The minimum atomic E-state index is -0.473. The predicted octanol–water partition coefficient (Wildman–Crippen LogP) is 6.10. The first-order valence-electron chi connectivity index (χ1n) is 10.4. The molecular weight excluding hydrogens is 406 g/mol. The molecule has 5 nitrogen and oxygen atoms in total. The number of fused-ring (bicyclic) bond motifs is 1. The Kier molecular flexibility index (Phi) is 5.79. The van der Waals surface area contributed by atoms with Crippen LogP contribution in [0.25, 0.3) is 17.4 Å². The van der Waals surface area contributed by atoms with Crippen LogP contribution in [0.4, 0.5) is 5.13 Å². The zero-order chi connectivity index (χ0) is 22.0. The van der Waals surface area contributed by atoms with Gasteiger partial charge in [0.2, 0.25) is 0 Å². The van der Waals surface area contributed by atoms with Crippen molar-refractivity contribution in [3.8, 4) is 17.4 Å². The lowest BCUT2D eigenvalue weighted by atomic mass is 9.73. The third-order valence-electron chi connectivity index (χ3n) is 5.72. The van der Waals surface area contributed by atoms with Crippen LogP contribution < -0.4 is 5.32 Å². The maximum Gasteiger partial charge on any atom is 0.268 e. The summed E-state index contributed by atoms with van der Waals surface area (Å²) >= 11 is 1.52. The van der Waals surface area contributed by atoms with Crippen LogP contribution in [0.1, 0.15) is 43.5 Å². The largest absolute Gasteiger partial charge is 0.457 e. The third kappa shape index (κ3) is 4.78. The van der Waals surface area contributed by atoms with E-state index in [0.717, 1.165) is 30.5 Å². The molecule has 31 heavy (non-hydrogen) atoms. The summed E-state index contributed by atoms with van der Waals surface area (Å²) in [6.07, 6.45) is 4.49. The number of thiazole rings is 1. The minimum absolute atomic E-state index is 0.0188. The Morgan fingerprint density at radius 3 is 2.74 bits per heavy atom. The molecule has 1 aliphatic rings. The van der Waals surface area contributed by atoms with Gasteiger partial charge in [-0.1, -0.05) is 51.1 Å². The topological polar surface area (TPSA) is 78.9 Å². The fourth-order valence-corrected chi connectivity index (χ4v) is 4.89. The number of hydrogen-bond donors (Lipinski definition) is 1. The number of nitriles is 1. The molecule has 0 fully saturated rings. The second kappa shape index (κ2) is 8.52. The van der Waals surface area contributed by atoms with Crippen molar-refractivity contribution in [2.24, 2.45) is 11.3 Å². The van der Waals surface area contributed by atoms with Gasteiger partial charge in [0, 0.05) is 16.5 Å². The van der Waals surface area contributed by atoms with Crippen molar-refractivity contribution in [3.05, 3.63) is 64.4 Å². The average Bonchev–Trinajstić information content (AvgIpc) is 3.37. The van der Waals surface area contributed by atoms with Gasteiger partial charge < -0.3 is 4.42 Å². The Bertz CT molecular complexity index is 1160. The minimum Gasteiger partial charge on any atom is -0.457 e. The first kappa shape index (κ1) is 21.1. The van der Waals surface area contributed by atoms with E-state index in [-0.39, 0.29) is 11.0 Å². The van der Waals surface area contributed by atoms with Crippen LogP contribution >= 0.6 is 11.3 Å². The van der Waals surface area contributed by atoms with E-state index in [9.17, 15) is 10.1 Å². The van der Waals surface area contributed by atoms with E-state index < -0.39 is 5.91 Å². The summed E-state index contributed by atoms with van der Waals surface area (Å²) in [5, 5.41) is 12.9. The lowest BCUT2D eigenvalue weighted by molar-refractivity contribution is -0.112. The van der Waals surface area contributed by atoms with E-state index in [2.05, 4.69) is 31.1 Å². The summed E-state index contributed by atoms with van der Waals surface area (Å²) in [7, 11) is 0. The SMILES string of the molecule is CC(C)(C)C1CCc2nc(NC(=O)C(C#N)=Cc3ccc(-c4ccccc4)o3)sc2C1. The summed E-state index contributed by atoms with van der Waals surface area (Å²) < 4.78 is 5.79. The fourth-order valence-electron chi connectivity index (χ4n) is 3.81. The molecule has 3 aromatic rings. The molecule has 6 heteroatoms. The number of nitrogens with zero attached hydrogens (tertiary/aromatic N) is 2. The van der Waals surface area contributed by atoms with Gasteiger partial charge in [-0.15, -0.1) is 11.3 Å². The highest BCUT2D eigenvalue weighted by molar-refractivity contribution is 7.15. The molecule has 4 rings (SSSR count). The average molecular weight is 432 g/mol. The Morgan fingerprint density at radius 1 is 1.26 bits per heavy atom. The molecule has 1 unspecified atom stereocenters. The molecule has 0 saturated heterocycles. The quantitative estimate of drug-likeness (QED) is 0.400. The van der Waals surface area contributed by atoms with Gasteiger partial charge >= 0.3 is 0 Å². The first-order valence-corrected chi connectivity index (χ1v) is 11.2. The van der Waals surface area contributed by atoms with E-state index >= 15 is 0 Å². The summed E-state index contributed by atoms with van der Waals surface area (Å²) in [6, 6.07) is 15.2. The molecule has 2 aromatic heterocycles. The van der Waals surface area contributed by atoms with Crippen LogP contribution in [-0.4, -0.2) is 10.9 Å². The van der Waals surface area contributed by atoms with E-state index in [1.165, 1.54) is 22.3 Å². The number of furan rings is 1. The van der Waals surface area contributed by atoms with Gasteiger partial charge in [-0.05, 0) is 42.7 Å². The van der Waals surface area contributed by atoms with Gasteiger partial charge in [0.25, 0.3) is 5.91 Å². The standard InChI is InChI=1S/C25H25N3O2S/c1-25(2,3)18-9-11-20-22(14-18)31-24(27-20)28-23(29)17(15-26)13-19-10-12-21(30-19)16-7-5-4-6-8-16/h4-8,10,12-13,18H,9,11,14H2,1-3H3,(H,27,28,29). The number of aryl methyl sites for hydroxylation is 1. The number of aromatic nitrogens is 1. The Morgan fingerprint density at radius 2 is 2.03 bits per heavy atom. The predicted molar refractivity (Wildman–Crippen MR) is 123 cm³/mol. The molecule has 1 atom stereocenters. The normalized spacial score (nSPS) is 16.5. The van der Waals surface area contributed by atoms with Crippen LogP contribution in [0.2, 0.25) is 0 Å². The first-order chi connectivity index (χ1) is 14.8. The van der Waals surface area contributed by atoms with Crippen molar-refractivity contribution in [1.29, 1.82) is 5.26 Å². The molecule has 1 amide bonds. The molecule has 1 aliphatic carbocycles. The van der Waals surface area contributed by atoms with Gasteiger partial charge in [-0.25, -0.2) is 4.98 Å². The fraction of sp³-hybridized carbons (Fsp3) is 0.320. The smallest absolute Gasteiger partial charge is 0.268 e. The number of carbonyl (C=O) groups is 1. The summed E-state index contributed by atoms with van der Waals surface area (Å²) in [5.74, 6) is 1.28. The monoisotopic (exact) mass is 431 g/mol. The number of anilines is 1. The molecule has 1 aromatic carbocycles. The zero-order valence-electron chi connectivity index (χ0n) is 17.9. The second-order valence-electron chi connectivity index (χ2n) is 8.89. The van der Waals surface area contributed by atoms with Gasteiger partial charge in [0.15, 0.2) is 5.13 Å². The van der Waals surface area contributed by atoms with Crippen molar-refractivity contribution < 1.29 is 9.21 Å². The summed E-state index contributed by atoms with van der Waals surface area (Å²) in [6.45, 7) is 6.82. The van der Waals surface area contributed by atoms with Crippen molar-refractivity contribution in [2.45, 2.75) is 40.0 Å². The molecule has 158 valence electrons. The number of rotatable bonds is 4. The summed E-state index contributed by atoms with van der Waals surface area (Å²) in [4.78, 5) is 18.5. The van der Waals surface area contributed by atoms with Crippen molar-refractivity contribution in [1.82, 2.24) is 4.98 Å². The molecular formula is C25H25N3O2S. The Balaban J connectivity index is 1.48. The van der Waals surface area contributed by atoms with Gasteiger partial charge in [-0.3, -0.25) is 10.1 Å². The molecule has 1 N–H and O–H groups in total. The van der Waals surface area contributed by atoms with Crippen LogP contribution in [0.15, 0.2) is 52.5 Å². The maximum atomic E-state index is 12.7. The van der Waals surface area contributed by atoms with E-state index in [1.54, 1.807) is 6.07 Å². The molecule has 2 heterocycles. The highest BCUT2D eigenvalue weighted by Gasteiger charge is 2.31. The number of carbonyl (C=O) groups excluding carboxylic acids is 1. The Labute approximate surface area is 186 Å². The summed E-state index contributed by atoms with van der Waals surface area (Å²) in [5.41, 5.74) is 2.24. The Hall–Kier alpha value is -3.17. The number of amides is 1. The van der Waals surface area contributed by atoms with Crippen LogP contribution in [0.3, 0.4) is 0 Å². The van der Waals surface area contributed by atoms with Crippen molar-refractivity contribution in [2.75, 3.05) is 5.32 Å². The van der Waals surface area contributed by atoms with Crippen LogP contribution in [0.5, 0.6) is 0 Å². The van der Waals surface area contributed by atoms with E-state index in [0.29, 0.717) is 22.6 Å². The molecule has 0 spiro atoms. The lowest BCUT2D eigenvalue weighted by Gasteiger charge is -2.33.